The van der Waals surface area contributed by atoms with Gasteiger partial charge in [-0.25, -0.2) is 0 Å². The van der Waals surface area contributed by atoms with E-state index in [0.717, 1.165) is 25.9 Å². The largest absolute Gasteiger partial charge is 0.313 e. The maximum Gasteiger partial charge on any atom is 0.0621 e. The Hall–Kier alpha value is -1.34. The van der Waals surface area contributed by atoms with Crippen molar-refractivity contribution < 1.29 is 0 Å². The zero-order valence-corrected chi connectivity index (χ0v) is 11.0. The molecule has 1 rings (SSSR count). The van der Waals surface area contributed by atoms with Crippen LogP contribution in [0.1, 0.15) is 51.3 Å². The number of nitrogens with zero attached hydrogens (tertiary/aromatic N) is 2. The quantitative estimate of drug-likeness (QED) is 0.743. The van der Waals surface area contributed by atoms with Gasteiger partial charge in [-0.3, -0.25) is 5.10 Å². The standard InChI is InChI=1S/C13H22N4/c1-13(2,3)12-11(10-16-17-12)9-15-8-6-4-5-7-14/h10,15H,4-6,8-9H2,1-3H3,(H,16,17). The van der Waals surface area contributed by atoms with Crippen LogP contribution in [0.3, 0.4) is 0 Å². The van der Waals surface area contributed by atoms with Gasteiger partial charge in [-0.2, -0.15) is 10.4 Å². The number of hydrogen-bond donors (Lipinski definition) is 2. The van der Waals surface area contributed by atoms with E-state index in [4.69, 9.17) is 5.26 Å². The van der Waals surface area contributed by atoms with E-state index >= 15 is 0 Å². The Morgan fingerprint density at radius 1 is 1.41 bits per heavy atom. The number of nitriles is 1. The van der Waals surface area contributed by atoms with Gasteiger partial charge < -0.3 is 5.32 Å². The molecule has 0 aliphatic heterocycles. The Morgan fingerprint density at radius 2 is 2.18 bits per heavy atom. The molecule has 4 heteroatoms. The van der Waals surface area contributed by atoms with Gasteiger partial charge >= 0.3 is 0 Å². The van der Waals surface area contributed by atoms with Crippen LogP contribution in [0.2, 0.25) is 0 Å². The maximum atomic E-state index is 8.42. The molecular formula is C13H22N4. The molecule has 17 heavy (non-hydrogen) atoms. The first-order valence-corrected chi connectivity index (χ1v) is 6.16. The van der Waals surface area contributed by atoms with E-state index in [9.17, 15) is 0 Å². The molecule has 0 fully saturated rings. The van der Waals surface area contributed by atoms with Crippen LogP contribution in [-0.4, -0.2) is 16.7 Å². The van der Waals surface area contributed by atoms with E-state index < -0.39 is 0 Å². The van der Waals surface area contributed by atoms with Gasteiger partial charge in [0.25, 0.3) is 0 Å². The zero-order chi connectivity index (χ0) is 12.7. The van der Waals surface area contributed by atoms with Crippen molar-refractivity contribution in [3.05, 3.63) is 17.5 Å². The number of aromatic nitrogens is 2. The summed E-state index contributed by atoms with van der Waals surface area (Å²) in [4.78, 5) is 0. The van der Waals surface area contributed by atoms with Crippen molar-refractivity contribution in [2.24, 2.45) is 0 Å². The molecule has 1 heterocycles. The van der Waals surface area contributed by atoms with Gasteiger partial charge in [-0.15, -0.1) is 0 Å². The summed E-state index contributed by atoms with van der Waals surface area (Å²) in [5.41, 5.74) is 2.54. The summed E-state index contributed by atoms with van der Waals surface area (Å²) in [6, 6.07) is 2.16. The van der Waals surface area contributed by atoms with E-state index in [1.807, 2.05) is 6.20 Å². The molecule has 0 aliphatic rings. The highest BCUT2D eigenvalue weighted by atomic mass is 15.1. The average molecular weight is 234 g/mol. The first-order valence-electron chi connectivity index (χ1n) is 6.16. The van der Waals surface area contributed by atoms with Crippen LogP contribution in [0.25, 0.3) is 0 Å². The summed E-state index contributed by atoms with van der Waals surface area (Å²) >= 11 is 0. The summed E-state index contributed by atoms with van der Waals surface area (Å²) in [6.45, 7) is 8.33. The molecule has 0 radical (unpaired) electrons. The average Bonchev–Trinajstić information content (AvgIpc) is 2.71. The minimum Gasteiger partial charge on any atom is -0.313 e. The lowest BCUT2D eigenvalue weighted by Gasteiger charge is -2.18. The Balaban J connectivity index is 2.33. The molecule has 0 saturated carbocycles. The second-order valence-corrected chi connectivity index (χ2v) is 5.31. The fourth-order valence-electron chi connectivity index (χ4n) is 1.77. The molecule has 2 N–H and O–H groups in total. The van der Waals surface area contributed by atoms with Crippen LogP contribution in [-0.2, 0) is 12.0 Å². The number of unbranched alkanes of at least 4 members (excludes halogenated alkanes) is 2. The second-order valence-electron chi connectivity index (χ2n) is 5.31. The van der Waals surface area contributed by atoms with Crippen LogP contribution in [0.15, 0.2) is 6.20 Å². The Morgan fingerprint density at radius 3 is 2.82 bits per heavy atom. The smallest absolute Gasteiger partial charge is 0.0621 e. The van der Waals surface area contributed by atoms with Crippen LogP contribution < -0.4 is 5.32 Å². The molecular weight excluding hydrogens is 212 g/mol. The van der Waals surface area contributed by atoms with Crippen molar-refractivity contribution in [2.75, 3.05) is 6.54 Å². The van der Waals surface area contributed by atoms with Crippen molar-refractivity contribution in [3.8, 4) is 6.07 Å². The predicted molar refractivity (Wildman–Crippen MR) is 68.5 cm³/mol. The summed E-state index contributed by atoms with van der Waals surface area (Å²) in [7, 11) is 0. The molecule has 1 aromatic heterocycles. The minimum atomic E-state index is 0.105. The normalized spacial score (nSPS) is 11.4. The summed E-state index contributed by atoms with van der Waals surface area (Å²) in [5.74, 6) is 0. The van der Waals surface area contributed by atoms with E-state index in [1.54, 1.807) is 0 Å². The molecule has 0 aliphatic carbocycles. The van der Waals surface area contributed by atoms with Crippen LogP contribution >= 0.6 is 0 Å². The maximum absolute atomic E-state index is 8.42. The molecule has 1 aromatic rings. The van der Waals surface area contributed by atoms with Gasteiger partial charge in [0, 0.05) is 29.6 Å². The summed E-state index contributed by atoms with van der Waals surface area (Å²) in [5, 5.41) is 19.0. The van der Waals surface area contributed by atoms with Crippen LogP contribution in [0.5, 0.6) is 0 Å². The molecule has 94 valence electrons. The van der Waals surface area contributed by atoms with E-state index in [0.29, 0.717) is 6.42 Å². The molecule has 0 amide bonds. The van der Waals surface area contributed by atoms with Crippen LogP contribution in [0, 0.1) is 11.3 Å². The molecule has 0 saturated heterocycles. The third kappa shape index (κ3) is 4.58. The first kappa shape index (κ1) is 13.7. The van der Waals surface area contributed by atoms with Crippen LogP contribution in [0.4, 0.5) is 0 Å². The monoisotopic (exact) mass is 234 g/mol. The number of rotatable bonds is 6. The minimum absolute atomic E-state index is 0.105. The Labute approximate surface area is 103 Å². The fraction of sp³-hybridized carbons (Fsp3) is 0.692. The fourth-order valence-corrected chi connectivity index (χ4v) is 1.77. The van der Waals surface area contributed by atoms with E-state index in [1.165, 1.54) is 11.3 Å². The van der Waals surface area contributed by atoms with Crippen molar-refractivity contribution in [1.82, 2.24) is 15.5 Å². The van der Waals surface area contributed by atoms with Gasteiger partial charge in [-0.1, -0.05) is 20.8 Å². The summed E-state index contributed by atoms with van der Waals surface area (Å²) in [6.07, 6.45) is 4.57. The SMILES string of the molecule is CC(C)(C)c1[nH]ncc1CNCCCCC#N. The highest BCUT2D eigenvalue weighted by molar-refractivity contribution is 5.23. The zero-order valence-electron chi connectivity index (χ0n) is 11.0. The van der Waals surface area contributed by atoms with Crippen molar-refractivity contribution in [2.45, 2.75) is 52.0 Å². The third-order valence-corrected chi connectivity index (χ3v) is 2.68. The lowest BCUT2D eigenvalue weighted by atomic mass is 9.89. The Kier molecular flexibility index (Phi) is 5.17. The summed E-state index contributed by atoms with van der Waals surface area (Å²) < 4.78 is 0. The topological polar surface area (TPSA) is 64.5 Å². The van der Waals surface area contributed by atoms with Crippen molar-refractivity contribution in [1.29, 1.82) is 5.26 Å². The number of aromatic amines is 1. The van der Waals surface area contributed by atoms with Gasteiger partial charge in [0.05, 0.1) is 12.3 Å². The van der Waals surface area contributed by atoms with Gasteiger partial charge in [0.15, 0.2) is 0 Å². The second kappa shape index (κ2) is 6.41. The highest BCUT2D eigenvalue weighted by Crippen LogP contribution is 2.23. The lowest BCUT2D eigenvalue weighted by molar-refractivity contribution is 0.551. The lowest BCUT2D eigenvalue weighted by Crippen LogP contribution is -2.19. The molecule has 0 unspecified atom stereocenters. The number of hydrogen-bond acceptors (Lipinski definition) is 3. The number of H-pyrrole nitrogens is 1. The molecule has 0 bridgehead atoms. The van der Waals surface area contributed by atoms with Gasteiger partial charge in [0.2, 0.25) is 0 Å². The molecule has 0 aromatic carbocycles. The van der Waals surface area contributed by atoms with Crippen molar-refractivity contribution >= 4 is 0 Å². The van der Waals surface area contributed by atoms with Gasteiger partial charge in [-0.05, 0) is 19.4 Å². The van der Waals surface area contributed by atoms with Gasteiger partial charge in [0.1, 0.15) is 0 Å². The molecule has 0 spiro atoms. The first-order chi connectivity index (χ1) is 8.05. The van der Waals surface area contributed by atoms with E-state index in [2.05, 4.69) is 42.4 Å². The van der Waals surface area contributed by atoms with E-state index in [-0.39, 0.29) is 5.41 Å². The molecule has 0 atom stereocenters. The highest BCUT2D eigenvalue weighted by Gasteiger charge is 2.19. The third-order valence-electron chi connectivity index (χ3n) is 2.68. The molecule has 4 nitrogen and oxygen atoms in total. The van der Waals surface area contributed by atoms with Crippen molar-refractivity contribution in [3.63, 3.8) is 0 Å². The number of nitrogens with one attached hydrogen (secondary N) is 2. The Bertz CT molecular complexity index is 368. The predicted octanol–water partition coefficient (Wildman–Crippen LogP) is 2.49.